The van der Waals surface area contributed by atoms with Gasteiger partial charge in [-0.1, -0.05) is 250 Å². The number of fused-ring (bicyclic) bond motifs is 6. The van der Waals surface area contributed by atoms with Gasteiger partial charge in [0.25, 0.3) is 47.8 Å². The second-order valence-electron chi connectivity index (χ2n) is 33.1. The van der Waals surface area contributed by atoms with Gasteiger partial charge in [-0.25, -0.2) is 13.2 Å². The summed E-state index contributed by atoms with van der Waals surface area (Å²) in [6, 6.07) is 94.8. The van der Waals surface area contributed by atoms with Crippen LogP contribution in [-0.4, -0.2) is 78.3 Å². The predicted octanol–water partition coefficient (Wildman–Crippen LogP) is 26.4. The quantitative estimate of drug-likeness (QED) is 0.0291. The van der Waals surface area contributed by atoms with Gasteiger partial charge in [0.1, 0.15) is 40.0 Å². The van der Waals surface area contributed by atoms with Crippen LogP contribution in [0.1, 0.15) is 215 Å². The Kier molecular flexibility index (Phi) is 33.5. The van der Waals surface area contributed by atoms with E-state index in [1.807, 2.05) is 252 Å². The Balaban J connectivity index is 0.000000140. The molecule has 0 radical (unpaired) electrons. The lowest BCUT2D eigenvalue weighted by molar-refractivity contribution is -0.137. The Morgan fingerprint density at radius 2 is 0.645 bits per heavy atom. The monoisotopic (exact) mass is 1920 g/mol. The summed E-state index contributed by atoms with van der Waals surface area (Å²) >= 11 is 17.8. The minimum atomic E-state index is -4.41. The molecule has 138 heavy (non-hydrogen) atoms. The summed E-state index contributed by atoms with van der Waals surface area (Å²) in [5, 5.41) is 26.3. The fraction of sp³-hybridized carbons (Fsp3) is 0.165. The molecule has 29 heteroatoms. The molecule has 12 aromatic carbocycles. The summed E-state index contributed by atoms with van der Waals surface area (Å²) in [7, 11) is 1.59. The summed E-state index contributed by atoms with van der Waals surface area (Å²) in [5.74, 6) is -1.65. The summed E-state index contributed by atoms with van der Waals surface area (Å²) < 4.78 is 77.5. The molecule has 6 aromatic heterocycles. The number of hydrogen-bond acceptors (Lipinski definition) is 7. The molecule has 3 unspecified atom stereocenters. The minimum Gasteiger partial charge on any atom is -0.355 e. The first kappa shape index (κ1) is 100. The third kappa shape index (κ3) is 26.4. The number of aromatic amines is 6. The number of H-pyrrole nitrogens is 6. The highest BCUT2D eigenvalue weighted by Crippen LogP contribution is 2.34. The molecule has 13 N–H and O–H groups in total. The number of nitrogens with one attached hydrogen (secondary N) is 13. The summed E-state index contributed by atoms with van der Waals surface area (Å²) in [6.45, 7) is 13.8. The number of benzene rings is 12. The van der Waals surface area contributed by atoms with Crippen molar-refractivity contribution in [2.45, 2.75) is 104 Å². The van der Waals surface area contributed by atoms with Gasteiger partial charge >= 0.3 is 6.18 Å². The van der Waals surface area contributed by atoms with Gasteiger partial charge in [0.05, 0.1) is 47.3 Å². The van der Waals surface area contributed by atoms with Gasteiger partial charge in [-0.15, -0.1) is 0 Å². The second kappa shape index (κ2) is 46.2. The Labute approximate surface area is 806 Å². The van der Waals surface area contributed by atoms with Crippen molar-refractivity contribution in [3.8, 4) is 0 Å². The van der Waals surface area contributed by atoms with E-state index < -0.39 is 24.0 Å². The number of alkyl halides is 5. The largest absolute Gasteiger partial charge is 0.416 e. The van der Waals surface area contributed by atoms with E-state index in [2.05, 4.69) is 87.9 Å². The summed E-state index contributed by atoms with van der Waals surface area (Å²) in [4.78, 5) is 104. The van der Waals surface area contributed by atoms with E-state index in [9.17, 15) is 59.9 Å². The van der Waals surface area contributed by atoms with E-state index in [1.54, 1.807) is 61.6 Å². The van der Waals surface area contributed by atoms with Crippen LogP contribution in [0.3, 0.4) is 0 Å². The molecule has 6 atom stereocenters. The molecule has 7 amide bonds. The van der Waals surface area contributed by atoms with E-state index >= 15 is 0 Å². The second-order valence-corrected chi connectivity index (χ2v) is 34.4. The van der Waals surface area contributed by atoms with Gasteiger partial charge in [-0.2, -0.15) is 13.2 Å². The van der Waals surface area contributed by atoms with Crippen molar-refractivity contribution in [3.05, 3.63) is 427 Å². The molecule has 0 aliphatic carbocycles. The van der Waals surface area contributed by atoms with Crippen molar-refractivity contribution in [1.82, 2.24) is 67.1 Å². The maximum Gasteiger partial charge on any atom is 0.416 e. The summed E-state index contributed by atoms with van der Waals surface area (Å²) in [5.41, 5.74) is 12.3. The van der Waals surface area contributed by atoms with Crippen molar-refractivity contribution in [2.75, 3.05) is 7.05 Å². The minimum absolute atomic E-state index is 0.00343. The average molecular weight is 1920 g/mol. The molecule has 0 spiro atoms. The molecule has 706 valence electrons. The van der Waals surface area contributed by atoms with Crippen LogP contribution in [0.4, 0.5) is 26.3 Å². The molecule has 0 fully saturated rings. The number of halogens is 9. The Morgan fingerprint density at radius 1 is 0.312 bits per heavy atom. The lowest BCUT2D eigenvalue weighted by atomic mass is 9.96. The van der Waals surface area contributed by atoms with Crippen LogP contribution in [-0.2, 0) is 6.18 Å². The highest BCUT2D eigenvalue weighted by atomic mass is 35.5. The molecule has 0 aliphatic heterocycles. The van der Waals surface area contributed by atoms with Crippen LogP contribution in [0, 0.1) is 11.7 Å². The zero-order chi connectivity index (χ0) is 98.4. The van der Waals surface area contributed by atoms with E-state index in [1.165, 1.54) is 30.3 Å². The topological polar surface area (TPSA) is 298 Å². The van der Waals surface area contributed by atoms with Crippen LogP contribution in [0.25, 0.3) is 65.4 Å². The average Bonchev–Trinajstić information content (AvgIpc) is 1.53. The van der Waals surface area contributed by atoms with Crippen molar-refractivity contribution in [3.63, 3.8) is 0 Å². The van der Waals surface area contributed by atoms with E-state index in [0.29, 0.717) is 76.8 Å². The van der Waals surface area contributed by atoms with Gasteiger partial charge in [-0.05, 0) is 201 Å². The highest BCUT2D eigenvalue weighted by Gasteiger charge is 2.31. The molecule has 18 aromatic rings. The number of hydrogen-bond donors (Lipinski definition) is 13. The Bertz CT molecular complexity index is 7260. The fourth-order valence-electron chi connectivity index (χ4n) is 15.4. The standard InChI is InChI=1S/C19H19ClN2O.C19H19N3O2.C18H17ClN2O.C18H15F3N2O.C18H16F2N2O.C17H14ClFN2O/c1-12(2)18(13-6-4-3-5-7-13)22-19(23)17-11-14-10-15(20)8-9-16(14)21-17;1-12(13-6-4-3-5-7-13)21-19(24)17-11-15-10-14(18(23)20-2)8-9-16(15)22-17;1-2-15(12-6-4-3-5-7-12)21-18(22)17-11-13-10-14(19)8-9-16(13)20-17;1-11(12-5-3-2-4-6-12)22-17(24)16-10-13-9-14(18(19,20)21)7-8-15(13)23-16;1-11(12-5-3-2-4-6-12)21-18(23)16-9-13-7-8-14(17(19)20)10-15(13)22-16;1-10(11-5-3-2-4-6-11)20-17(22)15-8-12-7-13(18)9-14(19)16(12)21-15/h3-12,18,21H,1-2H3,(H,22,23);3-12,22H,1-2H3,(H,20,23)(H,21,24);3-11,15,20H,2H2,1H3,(H,21,22);2-11,23H,1H3,(H,22,24);2-11,17,22H,1H3,(H,21,23);2-10,21H,1H3,(H,20,22)/t;;;2*11-;10-/m...111/s1. The molecule has 20 nitrogen and oxygen atoms in total. The Hall–Kier alpha value is -15.4. The number of aromatic nitrogens is 6. The van der Waals surface area contributed by atoms with Crippen LogP contribution in [0.5, 0.6) is 0 Å². The number of amides is 7. The van der Waals surface area contributed by atoms with Crippen LogP contribution in [0.15, 0.2) is 322 Å². The number of carbonyl (C=O) groups is 7. The molecular formula is C109H100Cl3F6N13O7. The van der Waals surface area contributed by atoms with Gasteiger partial charge in [0, 0.05) is 93.1 Å². The zero-order valence-electron chi connectivity index (χ0n) is 76.2. The zero-order valence-corrected chi connectivity index (χ0v) is 78.5. The number of carbonyl (C=O) groups excluding carboxylic acids is 7. The third-order valence-corrected chi connectivity index (χ3v) is 23.5. The van der Waals surface area contributed by atoms with Crippen LogP contribution in [0.2, 0.25) is 15.1 Å². The maximum atomic E-state index is 13.8. The smallest absolute Gasteiger partial charge is 0.355 e. The van der Waals surface area contributed by atoms with Crippen molar-refractivity contribution in [1.29, 1.82) is 0 Å². The SMILES string of the molecule is CC(C)C(NC(=O)c1cc2cc(Cl)ccc2[nH]1)c1ccccc1.CCC(NC(=O)c1cc2cc(Cl)ccc2[nH]1)c1ccccc1.CNC(=O)c1ccc2[nH]c(C(=O)NC(C)c3ccccc3)cc2c1.C[C@@H](NC(=O)c1cc2cc(C(F)(F)F)ccc2[nH]1)c1ccccc1.C[C@@H](NC(=O)c1cc2cc(Cl)cc(F)c2[nH]1)c1ccccc1.C[C@@H](NC(=O)c1cc2ccc(C(F)F)cc2[nH]1)c1ccccc1. The van der Waals surface area contributed by atoms with E-state index in [4.69, 9.17) is 34.8 Å². The molecule has 0 bridgehead atoms. The Morgan fingerprint density at radius 3 is 1.04 bits per heavy atom. The predicted molar refractivity (Wildman–Crippen MR) is 536 cm³/mol. The normalized spacial score (nSPS) is 12.4. The lowest BCUT2D eigenvalue weighted by Gasteiger charge is -2.22. The fourth-order valence-corrected chi connectivity index (χ4v) is 15.9. The van der Waals surface area contributed by atoms with Crippen molar-refractivity contribution >= 4 is 142 Å². The molecular weight excluding hydrogens is 1820 g/mol. The third-order valence-electron chi connectivity index (χ3n) is 22.9. The molecule has 18 rings (SSSR count). The first-order valence-electron chi connectivity index (χ1n) is 44.4. The van der Waals surface area contributed by atoms with Gasteiger partial charge in [-0.3, -0.25) is 33.6 Å². The van der Waals surface area contributed by atoms with E-state index in [-0.39, 0.29) is 94.4 Å². The van der Waals surface area contributed by atoms with Crippen LogP contribution < -0.4 is 37.2 Å². The maximum absolute atomic E-state index is 13.8. The molecule has 0 saturated heterocycles. The van der Waals surface area contributed by atoms with Gasteiger partial charge < -0.3 is 67.1 Å². The van der Waals surface area contributed by atoms with Gasteiger partial charge in [0.15, 0.2) is 0 Å². The first-order chi connectivity index (χ1) is 66.2. The van der Waals surface area contributed by atoms with Crippen molar-refractivity contribution < 1.29 is 59.9 Å². The van der Waals surface area contributed by atoms with Crippen LogP contribution >= 0.6 is 34.8 Å². The van der Waals surface area contributed by atoms with Gasteiger partial charge in [0.2, 0.25) is 0 Å². The molecule has 6 heterocycles. The molecule has 0 aliphatic rings. The lowest BCUT2D eigenvalue weighted by Crippen LogP contribution is -2.31. The van der Waals surface area contributed by atoms with Crippen molar-refractivity contribution in [2.24, 2.45) is 5.92 Å². The highest BCUT2D eigenvalue weighted by molar-refractivity contribution is 6.32. The van der Waals surface area contributed by atoms with E-state index in [0.717, 1.165) is 90.0 Å². The summed E-state index contributed by atoms with van der Waals surface area (Å²) in [6.07, 6.45) is -6.10. The molecule has 0 saturated carbocycles. The number of rotatable bonds is 22. The first-order valence-corrected chi connectivity index (χ1v) is 45.5.